The largest absolute Gasteiger partial charge is 0.497 e. The molecule has 3 rings (SSSR count). The van der Waals surface area contributed by atoms with Crippen LogP contribution in [0.1, 0.15) is 40.6 Å². The van der Waals surface area contributed by atoms with Crippen LogP contribution in [0.2, 0.25) is 0 Å². The van der Waals surface area contributed by atoms with Gasteiger partial charge < -0.3 is 19.9 Å². The zero-order valence-electron chi connectivity index (χ0n) is 17.1. The van der Waals surface area contributed by atoms with Crippen LogP contribution >= 0.6 is 0 Å². The van der Waals surface area contributed by atoms with Crippen LogP contribution < -0.4 is 15.0 Å². The summed E-state index contributed by atoms with van der Waals surface area (Å²) >= 11 is 0. The standard InChI is InChI=1S/C21H29N5O2/c1-25(2)20-12-18(16-8-6-10-22-13-16)23-19(24-20)14-26(3)21(27)15-7-5-9-17(11-15)28-4/h5,7,9,11-12,16,22H,6,8,10,13-14H2,1-4H3. The first-order valence-corrected chi connectivity index (χ1v) is 9.63. The maximum Gasteiger partial charge on any atom is 0.254 e. The molecule has 0 saturated carbocycles. The molecule has 0 spiro atoms. The molecule has 0 bridgehead atoms. The lowest BCUT2D eigenvalue weighted by Crippen LogP contribution is -2.30. The predicted octanol–water partition coefficient (Wildman–Crippen LogP) is 2.29. The van der Waals surface area contributed by atoms with E-state index in [0.717, 1.165) is 37.4 Å². The minimum Gasteiger partial charge on any atom is -0.497 e. The fourth-order valence-corrected chi connectivity index (χ4v) is 3.38. The van der Waals surface area contributed by atoms with E-state index in [1.807, 2.05) is 31.1 Å². The Morgan fingerprint density at radius 1 is 1.25 bits per heavy atom. The van der Waals surface area contributed by atoms with Crippen molar-refractivity contribution in [1.29, 1.82) is 0 Å². The van der Waals surface area contributed by atoms with E-state index in [1.54, 1.807) is 31.2 Å². The lowest BCUT2D eigenvalue weighted by molar-refractivity contribution is 0.0781. The SMILES string of the molecule is COc1cccc(C(=O)N(C)Cc2nc(C3CCCNC3)cc(N(C)C)n2)c1. The van der Waals surface area contributed by atoms with Gasteiger partial charge in [-0.1, -0.05) is 6.07 Å². The molecule has 150 valence electrons. The number of nitrogens with zero attached hydrogens (tertiary/aromatic N) is 4. The van der Waals surface area contributed by atoms with Crippen molar-refractivity contribution in [3.8, 4) is 5.75 Å². The summed E-state index contributed by atoms with van der Waals surface area (Å²) in [5, 5.41) is 3.44. The molecular formula is C21H29N5O2. The van der Waals surface area contributed by atoms with Crippen LogP contribution in [0, 0.1) is 0 Å². The van der Waals surface area contributed by atoms with Gasteiger partial charge in [-0.2, -0.15) is 0 Å². The first-order chi connectivity index (χ1) is 13.5. The van der Waals surface area contributed by atoms with Gasteiger partial charge in [0.2, 0.25) is 0 Å². The third-order valence-corrected chi connectivity index (χ3v) is 4.99. The van der Waals surface area contributed by atoms with Crippen LogP contribution in [-0.2, 0) is 6.54 Å². The van der Waals surface area contributed by atoms with Crippen molar-refractivity contribution in [2.45, 2.75) is 25.3 Å². The number of anilines is 1. The topological polar surface area (TPSA) is 70.6 Å². The van der Waals surface area contributed by atoms with Crippen molar-refractivity contribution in [3.05, 3.63) is 47.4 Å². The molecule has 1 N–H and O–H groups in total. The van der Waals surface area contributed by atoms with Gasteiger partial charge in [-0.25, -0.2) is 9.97 Å². The normalized spacial score (nSPS) is 16.5. The van der Waals surface area contributed by atoms with E-state index < -0.39 is 0 Å². The zero-order chi connectivity index (χ0) is 20.1. The molecule has 1 atom stereocenters. The molecule has 1 unspecified atom stereocenters. The average Bonchev–Trinajstić information content (AvgIpc) is 2.73. The number of aromatic nitrogens is 2. The third kappa shape index (κ3) is 4.78. The number of hydrogen-bond acceptors (Lipinski definition) is 6. The summed E-state index contributed by atoms with van der Waals surface area (Å²) in [4.78, 5) is 25.9. The third-order valence-electron chi connectivity index (χ3n) is 4.99. The van der Waals surface area contributed by atoms with E-state index >= 15 is 0 Å². The maximum atomic E-state index is 12.8. The number of ether oxygens (including phenoxy) is 1. The van der Waals surface area contributed by atoms with Gasteiger partial charge in [0.1, 0.15) is 17.4 Å². The molecule has 1 saturated heterocycles. The summed E-state index contributed by atoms with van der Waals surface area (Å²) in [5.41, 5.74) is 1.63. The van der Waals surface area contributed by atoms with E-state index in [0.29, 0.717) is 29.6 Å². The van der Waals surface area contributed by atoms with Gasteiger partial charge >= 0.3 is 0 Å². The Morgan fingerprint density at radius 3 is 2.75 bits per heavy atom. The van der Waals surface area contributed by atoms with Crippen molar-refractivity contribution >= 4 is 11.7 Å². The molecule has 1 amide bonds. The summed E-state index contributed by atoms with van der Waals surface area (Å²) < 4.78 is 5.22. The average molecular weight is 383 g/mol. The van der Waals surface area contributed by atoms with Gasteiger partial charge in [0, 0.05) is 45.2 Å². The number of carbonyl (C=O) groups excluding carboxylic acids is 1. The summed E-state index contributed by atoms with van der Waals surface area (Å²) in [5.74, 6) is 2.49. The number of amides is 1. The highest BCUT2D eigenvalue weighted by atomic mass is 16.5. The van der Waals surface area contributed by atoms with Crippen LogP contribution in [0.4, 0.5) is 5.82 Å². The van der Waals surface area contributed by atoms with E-state index in [9.17, 15) is 4.79 Å². The Kier molecular flexibility index (Phi) is 6.46. The van der Waals surface area contributed by atoms with Crippen LogP contribution in [0.5, 0.6) is 5.75 Å². The van der Waals surface area contributed by atoms with Crippen molar-refractivity contribution in [1.82, 2.24) is 20.2 Å². The monoisotopic (exact) mass is 383 g/mol. The van der Waals surface area contributed by atoms with Gasteiger partial charge in [-0.3, -0.25) is 4.79 Å². The summed E-state index contributed by atoms with van der Waals surface area (Å²) in [6.45, 7) is 2.35. The summed E-state index contributed by atoms with van der Waals surface area (Å²) in [6, 6.07) is 9.24. The molecule has 2 heterocycles. The predicted molar refractivity (Wildman–Crippen MR) is 110 cm³/mol. The first kappa shape index (κ1) is 20.1. The zero-order valence-corrected chi connectivity index (χ0v) is 17.1. The highest BCUT2D eigenvalue weighted by Gasteiger charge is 2.20. The Morgan fingerprint density at radius 2 is 2.07 bits per heavy atom. The van der Waals surface area contributed by atoms with E-state index in [4.69, 9.17) is 9.72 Å². The molecule has 2 aromatic rings. The Hall–Kier alpha value is -2.67. The second-order valence-electron chi connectivity index (χ2n) is 7.40. The Bertz CT molecular complexity index is 818. The van der Waals surface area contributed by atoms with Crippen molar-refractivity contribution in [2.24, 2.45) is 0 Å². The molecule has 0 aliphatic carbocycles. The fourth-order valence-electron chi connectivity index (χ4n) is 3.38. The lowest BCUT2D eigenvalue weighted by Gasteiger charge is -2.24. The van der Waals surface area contributed by atoms with Crippen molar-refractivity contribution in [2.75, 3.05) is 46.2 Å². The second-order valence-corrected chi connectivity index (χ2v) is 7.40. The van der Waals surface area contributed by atoms with Crippen LogP contribution in [0.15, 0.2) is 30.3 Å². The van der Waals surface area contributed by atoms with Crippen molar-refractivity contribution in [3.63, 3.8) is 0 Å². The minimum atomic E-state index is -0.0846. The highest BCUT2D eigenvalue weighted by Crippen LogP contribution is 2.24. The van der Waals surface area contributed by atoms with Gasteiger partial charge in [0.25, 0.3) is 5.91 Å². The Balaban J connectivity index is 1.81. The molecule has 7 heteroatoms. The number of nitrogens with one attached hydrogen (secondary N) is 1. The molecule has 7 nitrogen and oxygen atoms in total. The van der Waals surface area contributed by atoms with Gasteiger partial charge in [-0.05, 0) is 37.6 Å². The molecule has 1 aliphatic heterocycles. The number of methoxy groups -OCH3 is 1. The molecule has 0 radical (unpaired) electrons. The summed E-state index contributed by atoms with van der Waals surface area (Å²) in [6.07, 6.45) is 2.27. The lowest BCUT2D eigenvalue weighted by atomic mass is 9.96. The second kappa shape index (κ2) is 9.01. The maximum absolute atomic E-state index is 12.8. The fraction of sp³-hybridized carbons (Fsp3) is 0.476. The van der Waals surface area contributed by atoms with Gasteiger partial charge in [0.05, 0.1) is 19.3 Å². The molecule has 1 aliphatic rings. The highest BCUT2D eigenvalue weighted by molar-refractivity contribution is 5.94. The van der Waals surface area contributed by atoms with Gasteiger partial charge in [-0.15, -0.1) is 0 Å². The van der Waals surface area contributed by atoms with Crippen LogP contribution in [0.25, 0.3) is 0 Å². The smallest absolute Gasteiger partial charge is 0.254 e. The number of benzene rings is 1. The number of carbonyl (C=O) groups is 1. The van der Waals surface area contributed by atoms with Crippen LogP contribution in [0.3, 0.4) is 0 Å². The number of hydrogen-bond donors (Lipinski definition) is 1. The van der Waals surface area contributed by atoms with Crippen molar-refractivity contribution < 1.29 is 9.53 Å². The van der Waals surface area contributed by atoms with E-state index in [-0.39, 0.29) is 5.91 Å². The summed E-state index contributed by atoms with van der Waals surface area (Å²) in [7, 11) is 7.31. The number of rotatable bonds is 6. The molecule has 1 fully saturated rings. The minimum absolute atomic E-state index is 0.0846. The van der Waals surface area contributed by atoms with Crippen LogP contribution in [-0.4, -0.2) is 62.1 Å². The van der Waals surface area contributed by atoms with Gasteiger partial charge in [0.15, 0.2) is 0 Å². The Labute approximate surface area is 166 Å². The molecule has 28 heavy (non-hydrogen) atoms. The van der Waals surface area contributed by atoms with E-state index in [1.165, 1.54) is 0 Å². The van der Waals surface area contributed by atoms with E-state index in [2.05, 4.69) is 16.4 Å². The first-order valence-electron chi connectivity index (χ1n) is 9.63. The quantitative estimate of drug-likeness (QED) is 0.825. The molecule has 1 aromatic carbocycles. The molecular weight excluding hydrogens is 354 g/mol. The molecule has 1 aromatic heterocycles. The number of piperidine rings is 1.